The highest BCUT2D eigenvalue weighted by Gasteiger charge is 2.30. The van der Waals surface area contributed by atoms with Gasteiger partial charge < -0.3 is 0 Å². The molecule has 2 rings (SSSR count). The summed E-state index contributed by atoms with van der Waals surface area (Å²) in [6, 6.07) is 6.78. The van der Waals surface area contributed by atoms with Gasteiger partial charge in [0.05, 0.1) is 11.5 Å². The molecule has 1 aromatic carbocycles. The van der Waals surface area contributed by atoms with Crippen LogP contribution in [0.4, 0.5) is 0 Å². The van der Waals surface area contributed by atoms with E-state index in [0.717, 1.165) is 29.9 Å². The Morgan fingerprint density at radius 3 is 2.37 bits per heavy atom. The van der Waals surface area contributed by atoms with E-state index in [9.17, 15) is 8.42 Å². The predicted octanol–water partition coefficient (Wildman–Crippen LogP) is 3.23. The molecule has 106 valence electrons. The van der Waals surface area contributed by atoms with Gasteiger partial charge in [-0.3, -0.25) is 4.18 Å². The average Bonchev–Trinajstić information content (AvgIpc) is 2.38. The lowest BCUT2D eigenvalue weighted by atomic mass is 9.85. The fourth-order valence-electron chi connectivity index (χ4n) is 2.00. The molecule has 19 heavy (non-hydrogen) atoms. The van der Waals surface area contributed by atoms with Crippen molar-refractivity contribution in [3.05, 3.63) is 29.8 Å². The van der Waals surface area contributed by atoms with E-state index >= 15 is 0 Å². The van der Waals surface area contributed by atoms with Crippen molar-refractivity contribution < 1.29 is 12.6 Å². The largest absolute Gasteiger partial charge is 0.296 e. The highest BCUT2D eigenvalue weighted by Crippen LogP contribution is 2.35. The molecule has 1 aliphatic heterocycles. The van der Waals surface area contributed by atoms with Crippen molar-refractivity contribution in [2.75, 3.05) is 18.1 Å². The summed E-state index contributed by atoms with van der Waals surface area (Å²) in [5.74, 6) is 2.18. The molecule has 0 amide bonds. The van der Waals surface area contributed by atoms with Gasteiger partial charge in [0.2, 0.25) is 0 Å². The normalized spacial score (nSPS) is 19.3. The zero-order valence-corrected chi connectivity index (χ0v) is 13.0. The second-order valence-electron chi connectivity index (χ2n) is 5.45. The van der Waals surface area contributed by atoms with Gasteiger partial charge in [-0.2, -0.15) is 20.2 Å². The van der Waals surface area contributed by atoms with E-state index in [2.05, 4.69) is 6.92 Å². The van der Waals surface area contributed by atoms with Gasteiger partial charge in [0.25, 0.3) is 10.1 Å². The minimum absolute atomic E-state index is 0.0109. The Bertz CT molecular complexity index is 514. The first-order valence-electron chi connectivity index (χ1n) is 6.45. The number of hydrogen-bond acceptors (Lipinski definition) is 4. The summed E-state index contributed by atoms with van der Waals surface area (Å²) >= 11 is 1.92. The van der Waals surface area contributed by atoms with Crippen LogP contribution in [0.2, 0.25) is 0 Å². The Kier molecular flexibility index (Phi) is 4.58. The molecular formula is C14H20O3S2. The van der Waals surface area contributed by atoms with Gasteiger partial charge in [-0.1, -0.05) is 24.6 Å². The number of rotatable bonds is 4. The van der Waals surface area contributed by atoms with E-state index in [1.165, 1.54) is 0 Å². The summed E-state index contributed by atoms with van der Waals surface area (Å²) in [5.41, 5.74) is 1.03. The van der Waals surface area contributed by atoms with Crippen molar-refractivity contribution in [1.29, 1.82) is 0 Å². The molecule has 1 heterocycles. The van der Waals surface area contributed by atoms with Crippen molar-refractivity contribution in [1.82, 2.24) is 0 Å². The van der Waals surface area contributed by atoms with Crippen LogP contribution >= 0.6 is 11.8 Å². The molecule has 0 N–H and O–H groups in total. The van der Waals surface area contributed by atoms with Crippen molar-refractivity contribution in [2.45, 2.75) is 31.6 Å². The topological polar surface area (TPSA) is 43.4 Å². The summed E-state index contributed by atoms with van der Waals surface area (Å²) in [6.45, 7) is 4.32. The van der Waals surface area contributed by atoms with Gasteiger partial charge in [-0.15, -0.1) is 0 Å². The van der Waals surface area contributed by atoms with Crippen LogP contribution in [0.5, 0.6) is 0 Å². The highest BCUT2D eigenvalue weighted by molar-refractivity contribution is 7.99. The lowest BCUT2D eigenvalue weighted by Gasteiger charge is -2.32. The summed E-state index contributed by atoms with van der Waals surface area (Å²) < 4.78 is 29.5. The summed E-state index contributed by atoms with van der Waals surface area (Å²) in [5, 5.41) is 0. The quantitative estimate of drug-likeness (QED) is 0.801. The number of hydrogen-bond donors (Lipinski definition) is 0. The third-order valence-corrected chi connectivity index (χ3v) is 5.84. The zero-order chi connectivity index (χ0) is 13.9. The molecule has 0 saturated carbocycles. The first-order chi connectivity index (χ1) is 8.91. The minimum Gasteiger partial charge on any atom is -0.266 e. The van der Waals surface area contributed by atoms with Gasteiger partial charge >= 0.3 is 0 Å². The van der Waals surface area contributed by atoms with Crippen LogP contribution < -0.4 is 0 Å². The Morgan fingerprint density at radius 2 is 1.79 bits per heavy atom. The fourth-order valence-corrected chi connectivity index (χ4v) is 4.52. The maximum absolute atomic E-state index is 12.1. The van der Waals surface area contributed by atoms with E-state index in [-0.39, 0.29) is 16.9 Å². The molecule has 0 aromatic heterocycles. The average molecular weight is 300 g/mol. The number of benzene rings is 1. The molecule has 0 unspecified atom stereocenters. The van der Waals surface area contributed by atoms with Crippen molar-refractivity contribution >= 4 is 21.9 Å². The number of aryl methyl sites for hydroxylation is 1. The fraction of sp³-hybridized carbons (Fsp3) is 0.571. The number of thioether (sulfide) groups is 1. The molecule has 1 aromatic rings. The van der Waals surface area contributed by atoms with Crippen LogP contribution in [0, 0.1) is 12.3 Å². The highest BCUT2D eigenvalue weighted by atomic mass is 32.2. The van der Waals surface area contributed by atoms with E-state index in [1.54, 1.807) is 24.3 Å². The SMILES string of the molecule is Cc1ccc(S(=O)(=O)OCC2(C)CCSCC2)cc1. The zero-order valence-electron chi connectivity index (χ0n) is 11.4. The lowest BCUT2D eigenvalue weighted by molar-refractivity contribution is 0.156. The van der Waals surface area contributed by atoms with Gasteiger partial charge in [-0.05, 0) is 48.8 Å². The van der Waals surface area contributed by atoms with E-state index < -0.39 is 10.1 Å². The van der Waals surface area contributed by atoms with E-state index in [0.29, 0.717) is 0 Å². The summed E-state index contributed by atoms with van der Waals surface area (Å²) in [6.07, 6.45) is 2.03. The molecule has 0 aliphatic carbocycles. The third-order valence-electron chi connectivity index (χ3n) is 3.57. The van der Waals surface area contributed by atoms with Crippen LogP contribution in [0.1, 0.15) is 25.3 Å². The molecule has 0 bridgehead atoms. The van der Waals surface area contributed by atoms with Gasteiger partial charge in [0.15, 0.2) is 0 Å². The molecule has 1 saturated heterocycles. The summed E-state index contributed by atoms with van der Waals surface area (Å²) in [4.78, 5) is 0.242. The van der Waals surface area contributed by atoms with Gasteiger partial charge in [0.1, 0.15) is 0 Å². The lowest BCUT2D eigenvalue weighted by Crippen LogP contribution is -2.29. The Balaban J connectivity index is 2.03. The second-order valence-corrected chi connectivity index (χ2v) is 8.29. The first kappa shape index (κ1) is 14.9. The molecule has 0 spiro atoms. The van der Waals surface area contributed by atoms with E-state index in [4.69, 9.17) is 4.18 Å². The minimum atomic E-state index is -3.62. The standard InChI is InChI=1S/C14H20O3S2/c1-12-3-5-13(6-4-12)19(15,16)17-11-14(2)7-9-18-10-8-14/h3-6H,7-11H2,1-2H3. The molecule has 1 fully saturated rings. The van der Waals surface area contributed by atoms with Crippen LogP contribution in [0.25, 0.3) is 0 Å². The molecule has 1 aliphatic rings. The predicted molar refractivity (Wildman–Crippen MR) is 79.0 cm³/mol. The maximum Gasteiger partial charge on any atom is 0.296 e. The molecular weight excluding hydrogens is 280 g/mol. The molecule has 0 atom stereocenters. The van der Waals surface area contributed by atoms with Crippen LogP contribution in [0.3, 0.4) is 0 Å². The Morgan fingerprint density at radius 1 is 1.21 bits per heavy atom. The van der Waals surface area contributed by atoms with Gasteiger partial charge in [-0.25, -0.2) is 0 Å². The van der Waals surface area contributed by atoms with Crippen LogP contribution in [-0.4, -0.2) is 26.5 Å². The van der Waals surface area contributed by atoms with Crippen molar-refractivity contribution in [3.63, 3.8) is 0 Å². The second kappa shape index (κ2) is 5.85. The Hall–Kier alpha value is -0.520. The van der Waals surface area contributed by atoms with E-state index in [1.807, 2.05) is 18.7 Å². The maximum atomic E-state index is 12.1. The molecule has 0 radical (unpaired) electrons. The monoisotopic (exact) mass is 300 g/mol. The smallest absolute Gasteiger partial charge is 0.266 e. The van der Waals surface area contributed by atoms with Crippen LogP contribution in [-0.2, 0) is 14.3 Å². The first-order valence-corrected chi connectivity index (χ1v) is 9.02. The summed E-state index contributed by atoms with van der Waals surface area (Å²) in [7, 11) is -3.62. The molecule has 3 nitrogen and oxygen atoms in total. The van der Waals surface area contributed by atoms with Crippen molar-refractivity contribution in [3.8, 4) is 0 Å². The van der Waals surface area contributed by atoms with Crippen molar-refractivity contribution in [2.24, 2.45) is 5.41 Å². The Labute approximate surface area is 119 Å². The third kappa shape index (κ3) is 3.97. The molecule has 5 heteroatoms. The van der Waals surface area contributed by atoms with Crippen LogP contribution in [0.15, 0.2) is 29.2 Å². The van der Waals surface area contributed by atoms with Gasteiger partial charge in [0, 0.05) is 0 Å².